The molecule has 2 heterocycles. The number of carbonyl (C=O) groups excluding carboxylic acids is 1. The topological polar surface area (TPSA) is 99.2 Å². The second-order valence-corrected chi connectivity index (χ2v) is 9.04. The predicted molar refractivity (Wildman–Crippen MR) is 127 cm³/mol. The summed E-state index contributed by atoms with van der Waals surface area (Å²) in [4.78, 5) is 19.7. The second kappa shape index (κ2) is 10.8. The van der Waals surface area contributed by atoms with Gasteiger partial charge in [-0.15, -0.1) is 0 Å². The Hall–Kier alpha value is -3.25. The van der Waals surface area contributed by atoms with Gasteiger partial charge in [-0.2, -0.15) is 18.2 Å². The number of hydrogen-bond donors (Lipinski definition) is 3. The number of nitrogens with one attached hydrogen (secondary N) is 3. The van der Waals surface area contributed by atoms with Gasteiger partial charge < -0.3 is 16.0 Å². The third-order valence-corrected chi connectivity index (χ3v) is 6.21. The summed E-state index contributed by atoms with van der Waals surface area (Å²) in [6.45, 7) is 9.74. The minimum Gasteiger partial charge on any atom is -0.350 e. The molecule has 0 radical (unpaired) electrons. The second-order valence-electron chi connectivity index (χ2n) is 7.64. The van der Waals surface area contributed by atoms with E-state index >= 15 is 0 Å². The zero-order valence-corrected chi connectivity index (χ0v) is 19.3. The first-order chi connectivity index (χ1) is 16.1. The first kappa shape index (κ1) is 25.4. The molecule has 1 aliphatic heterocycles. The van der Waals surface area contributed by atoms with Gasteiger partial charge in [-0.1, -0.05) is 19.2 Å². The first-order valence-electron chi connectivity index (χ1n) is 10.4. The number of anilines is 4. The molecular weight excluding hydrogens is 469 g/mol. The van der Waals surface area contributed by atoms with Gasteiger partial charge in [-0.25, -0.2) is 13.5 Å². The molecule has 0 spiro atoms. The SMILES string of the molecule is C=CC(=O)Nc1cc(C)ccc1Nc1nc(NC2CCCN(S(=O)C=C)C2)ncc1C(F)(F)F. The highest BCUT2D eigenvalue weighted by Crippen LogP contribution is 2.36. The number of carbonyl (C=O) groups is 1. The van der Waals surface area contributed by atoms with Gasteiger partial charge in [-0.05, 0) is 43.5 Å². The Balaban J connectivity index is 1.90. The summed E-state index contributed by atoms with van der Waals surface area (Å²) >= 11 is 0. The molecule has 0 aliphatic carbocycles. The number of hydrogen-bond acceptors (Lipinski definition) is 6. The largest absolute Gasteiger partial charge is 0.421 e. The van der Waals surface area contributed by atoms with E-state index in [1.54, 1.807) is 29.4 Å². The zero-order chi connectivity index (χ0) is 24.9. The number of halogens is 3. The number of aromatic nitrogens is 2. The maximum Gasteiger partial charge on any atom is 0.421 e. The maximum atomic E-state index is 13.7. The first-order valence-corrected chi connectivity index (χ1v) is 11.6. The monoisotopic (exact) mass is 494 g/mol. The van der Waals surface area contributed by atoms with Gasteiger partial charge in [0.25, 0.3) is 0 Å². The summed E-state index contributed by atoms with van der Waals surface area (Å²) < 4.78 is 54.8. The number of piperidine rings is 1. The molecule has 1 aliphatic rings. The smallest absolute Gasteiger partial charge is 0.350 e. The summed E-state index contributed by atoms with van der Waals surface area (Å²) in [6.07, 6.45) is -1.48. The van der Waals surface area contributed by atoms with E-state index in [0.717, 1.165) is 18.1 Å². The molecule has 3 N–H and O–H groups in total. The van der Waals surface area contributed by atoms with Crippen molar-refractivity contribution in [1.29, 1.82) is 0 Å². The Morgan fingerprint density at radius 2 is 2.06 bits per heavy atom. The van der Waals surface area contributed by atoms with Crippen molar-refractivity contribution >= 4 is 40.0 Å². The Morgan fingerprint density at radius 3 is 2.74 bits per heavy atom. The van der Waals surface area contributed by atoms with E-state index < -0.39 is 34.5 Å². The van der Waals surface area contributed by atoms with Crippen LogP contribution in [0.2, 0.25) is 0 Å². The fraction of sp³-hybridized carbons (Fsp3) is 0.318. The summed E-state index contributed by atoms with van der Waals surface area (Å²) in [7, 11) is -1.34. The lowest BCUT2D eigenvalue weighted by Gasteiger charge is -2.31. The fourth-order valence-corrected chi connectivity index (χ4v) is 4.29. The van der Waals surface area contributed by atoms with Crippen molar-refractivity contribution in [2.24, 2.45) is 0 Å². The van der Waals surface area contributed by atoms with Crippen LogP contribution in [0.4, 0.5) is 36.3 Å². The van der Waals surface area contributed by atoms with E-state index in [1.807, 2.05) is 0 Å². The molecule has 3 rings (SSSR count). The van der Waals surface area contributed by atoms with Gasteiger partial charge in [0.2, 0.25) is 11.9 Å². The van der Waals surface area contributed by atoms with Crippen LogP contribution in [0, 0.1) is 6.92 Å². The number of nitrogens with zero attached hydrogens (tertiary/aromatic N) is 3. The highest BCUT2D eigenvalue weighted by atomic mass is 32.2. The number of aryl methyl sites for hydroxylation is 1. The molecule has 0 bridgehead atoms. The van der Waals surface area contributed by atoms with Crippen molar-refractivity contribution in [3.63, 3.8) is 0 Å². The molecule has 1 saturated heterocycles. The van der Waals surface area contributed by atoms with Crippen molar-refractivity contribution in [2.75, 3.05) is 29.0 Å². The van der Waals surface area contributed by atoms with Crippen molar-refractivity contribution in [1.82, 2.24) is 14.3 Å². The summed E-state index contributed by atoms with van der Waals surface area (Å²) in [5.74, 6) is -0.977. The third-order valence-electron chi connectivity index (χ3n) is 5.08. The van der Waals surface area contributed by atoms with E-state index in [-0.39, 0.29) is 23.4 Å². The van der Waals surface area contributed by atoms with E-state index in [1.165, 1.54) is 5.41 Å². The molecule has 1 aromatic carbocycles. The molecule has 12 heteroatoms. The molecule has 182 valence electrons. The van der Waals surface area contributed by atoms with E-state index in [9.17, 15) is 22.2 Å². The normalized spacial score (nSPS) is 17.5. The molecule has 2 atom stereocenters. The van der Waals surface area contributed by atoms with Gasteiger partial charge >= 0.3 is 6.18 Å². The van der Waals surface area contributed by atoms with Crippen LogP contribution in [0.1, 0.15) is 24.0 Å². The highest BCUT2D eigenvalue weighted by molar-refractivity contribution is 7.85. The standard InChI is InChI=1S/C22H25F3N6O2S/c1-4-19(32)28-18-11-14(3)8-9-17(18)29-20-16(22(23,24)25)12-26-21(30-20)27-15-7-6-10-31(13-15)34(33)5-2/h4-5,8-9,11-12,15H,1-2,6-7,10,13H2,3H3,(H,28,32)(H2,26,27,29,30). The van der Waals surface area contributed by atoms with Crippen LogP contribution in [0.15, 0.2) is 49.0 Å². The molecule has 2 aromatic rings. The zero-order valence-electron chi connectivity index (χ0n) is 18.5. The summed E-state index contributed by atoms with van der Waals surface area (Å²) in [6, 6.07) is 4.65. The van der Waals surface area contributed by atoms with Gasteiger partial charge in [-0.3, -0.25) is 4.79 Å². The fourth-order valence-electron chi connectivity index (χ4n) is 3.45. The molecule has 34 heavy (non-hydrogen) atoms. The Bertz CT molecular complexity index is 1110. The Kier molecular flexibility index (Phi) is 8.05. The lowest BCUT2D eigenvalue weighted by molar-refractivity contribution is -0.137. The molecule has 0 saturated carbocycles. The van der Waals surface area contributed by atoms with E-state index in [4.69, 9.17) is 0 Å². The lowest BCUT2D eigenvalue weighted by Crippen LogP contribution is -2.42. The number of rotatable bonds is 8. The van der Waals surface area contributed by atoms with Crippen molar-refractivity contribution in [2.45, 2.75) is 32.0 Å². The molecule has 1 amide bonds. The van der Waals surface area contributed by atoms with Crippen LogP contribution in [0.3, 0.4) is 0 Å². The molecule has 8 nitrogen and oxygen atoms in total. The number of alkyl halides is 3. The molecule has 2 unspecified atom stereocenters. The minimum atomic E-state index is -4.71. The molecule has 1 aromatic heterocycles. The summed E-state index contributed by atoms with van der Waals surface area (Å²) in [5.41, 5.74) is 0.240. The quantitative estimate of drug-likeness (QED) is 0.472. The van der Waals surface area contributed by atoms with Crippen LogP contribution >= 0.6 is 0 Å². The van der Waals surface area contributed by atoms with Gasteiger partial charge in [0.05, 0.1) is 11.4 Å². The van der Waals surface area contributed by atoms with Gasteiger partial charge in [0.1, 0.15) is 22.4 Å². The van der Waals surface area contributed by atoms with Gasteiger partial charge in [0, 0.05) is 30.7 Å². The number of benzene rings is 1. The van der Waals surface area contributed by atoms with Crippen molar-refractivity contribution < 1.29 is 22.2 Å². The number of amides is 1. The van der Waals surface area contributed by atoms with Crippen LogP contribution < -0.4 is 16.0 Å². The average Bonchev–Trinajstić information content (AvgIpc) is 2.79. The highest BCUT2D eigenvalue weighted by Gasteiger charge is 2.36. The van der Waals surface area contributed by atoms with Crippen LogP contribution in [-0.2, 0) is 22.0 Å². The average molecular weight is 495 g/mol. The van der Waals surface area contributed by atoms with Crippen LogP contribution in [0.5, 0.6) is 0 Å². The van der Waals surface area contributed by atoms with Crippen LogP contribution in [-0.4, -0.2) is 43.5 Å². The Labute approximate surface area is 197 Å². The van der Waals surface area contributed by atoms with E-state index in [2.05, 4.69) is 39.1 Å². The van der Waals surface area contributed by atoms with Crippen molar-refractivity contribution in [3.05, 3.63) is 60.2 Å². The lowest BCUT2D eigenvalue weighted by atomic mass is 10.1. The maximum absolute atomic E-state index is 13.7. The minimum absolute atomic E-state index is 0.00414. The Morgan fingerprint density at radius 1 is 1.29 bits per heavy atom. The van der Waals surface area contributed by atoms with Gasteiger partial charge in [0.15, 0.2) is 0 Å². The predicted octanol–water partition coefficient (Wildman–Crippen LogP) is 4.36. The van der Waals surface area contributed by atoms with Crippen LogP contribution in [0.25, 0.3) is 0 Å². The molecule has 1 fully saturated rings. The molecular formula is C22H25F3N6O2S. The summed E-state index contributed by atoms with van der Waals surface area (Å²) in [5, 5.41) is 9.64. The van der Waals surface area contributed by atoms with Crippen molar-refractivity contribution in [3.8, 4) is 0 Å². The third kappa shape index (κ3) is 6.41. The van der Waals surface area contributed by atoms with E-state index in [0.29, 0.717) is 25.7 Å².